The maximum Gasteiger partial charge on any atom is 0.243 e. The molecule has 0 N–H and O–H groups in total. The van der Waals surface area contributed by atoms with Crippen LogP contribution in [0, 0.1) is 0 Å². The third-order valence-corrected chi connectivity index (χ3v) is 5.94. The van der Waals surface area contributed by atoms with Crippen LogP contribution in [0.4, 0.5) is 0 Å². The predicted octanol–water partition coefficient (Wildman–Crippen LogP) is 0.727. The number of aromatic nitrogens is 5. The molecule has 0 amide bonds. The molecule has 2 aromatic heterocycles. The maximum atomic E-state index is 12.7. The molecule has 24 heavy (non-hydrogen) atoms. The quantitative estimate of drug-likeness (QED) is 0.696. The summed E-state index contributed by atoms with van der Waals surface area (Å²) in [5.74, 6) is 0.746. The molecule has 0 radical (unpaired) electrons. The van der Waals surface area contributed by atoms with Gasteiger partial charge in [-0.25, -0.2) is 23.1 Å². The molecule has 0 bridgehead atoms. The van der Waals surface area contributed by atoms with Gasteiger partial charge < -0.3 is 4.57 Å². The lowest BCUT2D eigenvalue weighted by atomic mass is 10.4. The third-order valence-electron chi connectivity index (χ3n) is 4.08. The van der Waals surface area contributed by atoms with Gasteiger partial charge in [-0.2, -0.15) is 9.40 Å². The fraction of sp³-hybridized carbons (Fsp3) is 0.267. The molecule has 0 atom stereocenters. The van der Waals surface area contributed by atoms with Crippen molar-refractivity contribution < 1.29 is 8.42 Å². The number of benzene rings is 1. The van der Waals surface area contributed by atoms with Crippen LogP contribution in [0.15, 0.2) is 54.1 Å². The van der Waals surface area contributed by atoms with E-state index in [-0.39, 0.29) is 6.54 Å². The van der Waals surface area contributed by atoms with Crippen LogP contribution in [0.1, 0.15) is 11.5 Å². The van der Waals surface area contributed by atoms with E-state index < -0.39 is 10.0 Å². The number of fused-ring (bicyclic) bond motifs is 1. The van der Waals surface area contributed by atoms with E-state index in [1.54, 1.807) is 47.5 Å². The molecule has 9 heteroatoms. The van der Waals surface area contributed by atoms with Gasteiger partial charge in [0.15, 0.2) is 0 Å². The first kappa shape index (κ1) is 15.0. The molecular formula is C15H16N6O2S. The Morgan fingerprint density at radius 1 is 1.12 bits per heavy atom. The Bertz CT molecular complexity index is 934. The van der Waals surface area contributed by atoms with E-state index in [1.165, 1.54) is 10.6 Å². The third kappa shape index (κ3) is 2.61. The van der Waals surface area contributed by atoms with Crippen LogP contribution in [-0.4, -0.2) is 43.6 Å². The Hall–Kier alpha value is -2.52. The second kappa shape index (κ2) is 5.84. The molecule has 1 aromatic carbocycles. The average molecular weight is 344 g/mol. The molecule has 3 heterocycles. The van der Waals surface area contributed by atoms with E-state index in [0.29, 0.717) is 24.5 Å². The van der Waals surface area contributed by atoms with Gasteiger partial charge in [0.2, 0.25) is 10.0 Å². The van der Waals surface area contributed by atoms with Crippen LogP contribution in [0.2, 0.25) is 0 Å². The molecule has 0 spiro atoms. The van der Waals surface area contributed by atoms with E-state index in [1.807, 2.05) is 0 Å². The number of sulfonamides is 1. The summed E-state index contributed by atoms with van der Waals surface area (Å²) in [5, 5.41) is 4.09. The van der Waals surface area contributed by atoms with Crippen LogP contribution in [0.25, 0.3) is 0 Å². The molecular weight excluding hydrogens is 328 g/mol. The predicted molar refractivity (Wildman–Crippen MR) is 85.4 cm³/mol. The first-order valence-electron chi connectivity index (χ1n) is 7.55. The minimum Gasteiger partial charge on any atom is -0.328 e. The van der Waals surface area contributed by atoms with Crippen molar-refractivity contribution in [1.82, 2.24) is 28.6 Å². The molecule has 0 saturated heterocycles. The summed E-state index contributed by atoms with van der Waals surface area (Å²) < 4.78 is 30.7. The average Bonchev–Trinajstić information content (AvgIpc) is 3.26. The summed E-state index contributed by atoms with van der Waals surface area (Å²) in [6.45, 7) is 1.84. The van der Waals surface area contributed by atoms with Crippen LogP contribution in [0.3, 0.4) is 0 Å². The van der Waals surface area contributed by atoms with E-state index in [4.69, 9.17) is 0 Å². The topological polar surface area (TPSA) is 85.9 Å². The van der Waals surface area contributed by atoms with Crippen molar-refractivity contribution >= 4 is 10.0 Å². The van der Waals surface area contributed by atoms with Crippen molar-refractivity contribution in [3.8, 4) is 0 Å². The maximum absolute atomic E-state index is 12.7. The van der Waals surface area contributed by atoms with Gasteiger partial charge in [0.05, 0.1) is 29.9 Å². The lowest BCUT2D eigenvalue weighted by Crippen LogP contribution is -2.38. The second-order valence-corrected chi connectivity index (χ2v) is 7.50. The molecule has 0 aliphatic carbocycles. The van der Waals surface area contributed by atoms with Crippen LogP contribution >= 0.6 is 0 Å². The van der Waals surface area contributed by atoms with E-state index in [9.17, 15) is 8.42 Å². The van der Waals surface area contributed by atoms with Crippen molar-refractivity contribution in [2.45, 2.75) is 24.5 Å². The van der Waals surface area contributed by atoms with Gasteiger partial charge >= 0.3 is 0 Å². The Morgan fingerprint density at radius 3 is 2.71 bits per heavy atom. The van der Waals surface area contributed by atoms with Crippen molar-refractivity contribution in [3.05, 3.63) is 60.7 Å². The standard InChI is InChI=1S/C15H16N6O2S/c22-24(23,14-4-2-1-3-5-14)20-6-7-21-13(8-17-15(21)10-20)9-19-12-16-11-18-19/h1-5,8,11-12H,6-7,9-10H2. The fourth-order valence-corrected chi connectivity index (χ4v) is 4.26. The first-order chi connectivity index (χ1) is 11.6. The summed E-state index contributed by atoms with van der Waals surface area (Å²) in [7, 11) is -3.49. The zero-order chi connectivity index (χ0) is 16.6. The molecule has 8 nitrogen and oxygen atoms in total. The summed E-state index contributed by atoms with van der Waals surface area (Å²) in [6.07, 6.45) is 4.91. The van der Waals surface area contributed by atoms with E-state index in [0.717, 1.165) is 11.5 Å². The Balaban J connectivity index is 1.58. The van der Waals surface area contributed by atoms with Gasteiger partial charge in [0, 0.05) is 13.1 Å². The summed E-state index contributed by atoms with van der Waals surface area (Å²) in [6, 6.07) is 8.50. The molecule has 1 aliphatic rings. The Morgan fingerprint density at radius 2 is 1.96 bits per heavy atom. The summed E-state index contributed by atoms with van der Waals surface area (Å²) in [5.41, 5.74) is 0.993. The highest BCUT2D eigenvalue weighted by Crippen LogP contribution is 2.22. The van der Waals surface area contributed by atoms with E-state index >= 15 is 0 Å². The lowest BCUT2D eigenvalue weighted by Gasteiger charge is -2.27. The lowest BCUT2D eigenvalue weighted by molar-refractivity contribution is 0.330. The zero-order valence-electron chi connectivity index (χ0n) is 12.9. The largest absolute Gasteiger partial charge is 0.328 e. The minimum atomic E-state index is -3.49. The summed E-state index contributed by atoms with van der Waals surface area (Å²) in [4.78, 5) is 8.63. The monoisotopic (exact) mass is 344 g/mol. The molecule has 4 rings (SSSR count). The van der Waals surface area contributed by atoms with Gasteiger partial charge in [-0.15, -0.1) is 0 Å². The van der Waals surface area contributed by atoms with Gasteiger partial charge in [-0.05, 0) is 12.1 Å². The zero-order valence-corrected chi connectivity index (χ0v) is 13.7. The smallest absolute Gasteiger partial charge is 0.243 e. The van der Waals surface area contributed by atoms with Crippen molar-refractivity contribution in [1.29, 1.82) is 0 Å². The van der Waals surface area contributed by atoms with Crippen LogP contribution in [0.5, 0.6) is 0 Å². The second-order valence-electron chi connectivity index (χ2n) is 5.56. The number of hydrogen-bond acceptors (Lipinski definition) is 5. The Labute approximate surface area is 139 Å². The van der Waals surface area contributed by atoms with Crippen molar-refractivity contribution in [2.75, 3.05) is 6.54 Å². The number of nitrogens with zero attached hydrogens (tertiary/aromatic N) is 6. The SMILES string of the molecule is O=S(=O)(c1ccccc1)N1CCn2c(Cn3cncn3)cnc2C1. The molecule has 0 saturated carbocycles. The van der Waals surface area contributed by atoms with E-state index in [2.05, 4.69) is 19.6 Å². The van der Waals surface area contributed by atoms with Crippen molar-refractivity contribution in [3.63, 3.8) is 0 Å². The minimum absolute atomic E-state index is 0.272. The van der Waals surface area contributed by atoms with Gasteiger partial charge in [0.25, 0.3) is 0 Å². The molecule has 124 valence electrons. The normalized spacial score (nSPS) is 15.3. The summed E-state index contributed by atoms with van der Waals surface area (Å²) >= 11 is 0. The first-order valence-corrected chi connectivity index (χ1v) is 8.99. The number of imidazole rings is 1. The number of rotatable bonds is 4. The van der Waals surface area contributed by atoms with Crippen LogP contribution in [-0.2, 0) is 29.7 Å². The molecule has 0 unspecified atom stereocenters. The van der Waals surface area contributed by atoms with Crippen molar-refractivity contribution in [2.24, 2.45) is 0 Å². The molecule has 3 aromatic rings. The molecule has 0 fully saturated rings. The fourth-order valence-electron chi connectivity index (χ4n) is 2.85. The Kier molecular flexibility index (Phi) is 3.66. The van der Waals surface area contributed by atoms with Gasteiger partial charge in [0.1, 0.15) is 18.5 Å². The number of hydrogen-bond donors (Lipinski definition) is 0. The highest BCUT2D eigenvalue weighted by atomic mass is 32.2. The molecule has 1 aliphatic heterocycles. The van der Waals surface area contributed by atoms with Crippen LogP contribution < -0.4 is 0 Å². The van der Waals surface area contributed by atoms with Gasteiger partial charge in [-0.1, -0.05) is 18.2 Å². The van der Waals surface area contributed by atoms with Gasteiger partial charge in [-0.3, -0.25) is 0 Å². The highest BCUT2D eigenvalue weighted by Gasteiger charge is 2.29. The highest BCUT2D eigenvalue weighted by molar-refractivity contribution is 7.89.